The highest BCUT2D eigenvalue weighted by atomic mass is 32.2. The molecular formula is C19H27NO5S. The third-order valence-electron chi connectivity index (χ3n) is 3.82. The summed E-state index contributed by atoms with van der Waals surface area (Å²) in [6.45, 7) is 9.38. The molecule has 0 aliphatic carbocycles. The standard InChI is InChI=1S/C19H27NO5S/c1-6-20(7-2)26(23,24)16-11-8-15(9-12-16)10-13-18(22)25-14-17(21)19(3,4)5/h8-13H,6-7,14H2,1-5H3/b13-10+. The van der Waals surface area contributed by atoms with Crippen molar-refractivity contribution in [3.05, 3.63) is 35.9 Å². The zero-order valence-electron chi connectivity index (χ0n) is 16.0. The van der Waals surface area contributed by atoms with E-state index in [0.29, 0.717) is 18.7 Å². The van der Waals surface area contributed by atoms with Crippen LogP contribution in [0.1, 0.15) is 40.2 Å². The lowest BCUT2D eigenvalue weighted by Gasteiger charge is -2.18. The van der Waals surface area contributed by atoms with Crippen molar-refractivity contribution in [2.75, 3.05) is 19.7 Å². The molecule has 1 rings (SSSR count). The second kappa shape index (κ2) is 9.09. The van der Waals surface area contributed by atoms with Gasteiger partial charge >= 0.3 is 5.97 Å². The highest BCUT2D eigenvalue weighted by Crippen LogP contribution is 2.17. The lowest BCUT2D eigenvalue weighted by atomic mass is 9.91. The second-order valence-electron chi connectivity index (χ2n) is 6.77. The first-order valence-electron chi connectivity index (χ1n) is 8.50. The fraction of sp³-hybridized carbons (Fsp3) is 0.474. The molecule has 0 aliphatic rings. The monoisotopic (exact) mass is 381 g/mol. The van der Waals surface area contributed by atoms with Crippen molar-refractivity contribution in [1.82, 2.24) is 4.31 Å². The molecular weight excluding hydrogens is 354 g/mol. The van der Waals surface area contributed by atoms with E-state index in [1.165, 1.54) is 28.6 Å². The van der Waals surface area contributed by atoms with Crippen molar-refractivity contribution >= 4 is 27.9 Å². The SMILES string of the molecule is CCN(CC)S(=O)(=O)c1ccc(/C=C/C(=O)OCC(=O)C(C)(C)C)cc1. The van der Waals surface area contributed by atoms with Crippen LogP contribution in [0.25, 0.3) is 6.08 Å². The average Bonchev–Trinajstić information content (AvgIpc) is 2.58. The molecule has 0 spiro atoms. The van der Waals surface area contributed by atoms with Gasteiger partial charge in [-0.2, -0.15) is 4.31 Å². The Morgan fingerprint density at radius 1 is 1.08 bits per heavy atom. The molecule has 144 valence electrons. The van der Waals surface area contributed by atoms with Gasteiger partial charge in [0.1, 0.15) is 0 Å². The number of hydrogen-bond donors (Lipinski definition) is 0. The first-order valence-corrected chi connectivity index (χ1v) is 9.94. The van der Waals surface area contributed by atoms with Crippen LogP contribution >= 0.6 is 0 Å². The van der Waals surface area contributed by atoms with Crippen molar-refractivity contribution in [1.29, 1.82) is 0 Å². The summed E-state index contributed by atoms with van der Waals surface area (Å²) >= 11 is 0. The van der Waals surface area contributed by atoms with Gasteiger partial charge in [0.15, 0.2) is 12.4 Å². The highest BCUT2D eigenvalue weighted by molar-refractivity contribution is 7.89. The summed E-state index contributed by atoms with van der Waals surface area (Å²) in [6.07, 6.45) is 2.72. The first kappa shape index (κ1) is 22.1. The van der Waals surface area contributed by atoms with Gasteiger partial charge in [0.25, 0.3) is 0 Å². The van der Waals surface area contributed by atoms with E-state index in [1.807, 2.05) is 0 Å². The molecule has 0 fully saturated rings. The fourth-order valence-corrected chi connectivity index (χ4v) is 3.49. The topological polar surface area (TPSA) is 80.8 Å². The molecule has 7 heteroatoms. The maximum absolute atomic E-state index is 12.4. The number of sulfonamides is 1. The van der Waals surface area contributed by atoms with Crippen molar-refractivity contribution in [3.63, 3.8) is 0 Å². The molecule has 0 N–H and O–H groups in total. The van der Waals surface area contributed by atoms with Crippen LogP contribution in [0.4, 0.5) is 0 Å². The van der Waals surface area contributed by atoms with Crippen LogP contribution in [0.2, 0.25) is 0 Å². The Bertz CT molecular complexity index is 754. The van der Waals surface area contributed by atoms with Crippen LogP contribution in [0.3, 0.4) is 0 Å². The van der Waals surface area contributed by atoms with Gasteiger partial charge in [-0.3, -0.25) is 4.79 Å². The van der Waals surface area contributed by atoms with Gasteiger partial charge < -0.3 is 4.74 Å². The van der Waals surface area contributed by atoms with Gasteiger partial charge in [-0.15, -0.1) is 0 Å². The minimum atomic E-state index is -3.50. The maximum atomic E-state index is 12.4. The van der Waals surface area contributed by atoms with Crippen LogP contribution in [0, 0.1) is 5.41 Å². The number of carbonyl (C=O) groups excluding carboxylic acids is 2. The zero-order chi connectivity index (χ0) is 20.0. The average molecular weight is 381 g/mol. The van der Waals surface area contributed by atoms with Crippen LogP contribution in [-0.2, 0) is 24.3 Å². The molecule has 0 amide bonds. The normalized spacial score (nSPS) is 12.5. The Morgan fingerprint density at radius 2 is 1.62 bits per heavy atom. The number of hydrogen-bond acceptors (Lipinski definition) is 5. The summed E-state index contributed by atoms with van der Waals surface area (Å²) in [5.74, 6) is -0.785. The second-order valence-corrected chi connectivity index (χ2v) is 8.71. The summed E-state index contributed by atoms with van der Waals surface area (Å²) in [5.41, 5.74) is 0.0958. The molecule has 0 aliphatic heterocycles. The number of ether oxygens (including phenoxy) is 1. The molecule has 1 aromatic rings. The van der Waals surface area contributed by atoms with Gasteiger partial charge in [-0.25, -0.2) is 13.2 Å². The van der Waals surface area contributed by atoms with Gasteiger partial charge in [0.05, 0.1) is 4.90 Å². The number of benzene rings is 1. The molecule has 0 atom stereocenters. The van der Waals surface area contributed by atoms with E-state index in [2.05, 4.69) is 0 Å². The predicted octanol–water partition coefficient (Wildman–Crippen LogP) is 2.89. The molecule has 0 radical (unpaired) electrons. The summed E-state index contributed by atoms with van der Waals surface area (Å²) in [7, 11) is -3.50. The molecule has 0 unspecified atom stereocenters. The van der Waals surface area contributed by atoms with E-state index in [-0.39, 0.29) is 17.3 Å². The maximum Gasteiger partial charge on any atom is 0.331 e. The Hall–Kier alpha value is -1.99. The van der Waals surface area contributed by atoms with E-state index in [1.54, 1.807) is 46.8 Å². The highest BCUT2D eigenvalue weighted by Gasteiger charge is 2.22. The molecule has 0 heterocycles. The van der Waals surface area contributed by atoms with Gasteiger partial charge in [0, 0.05) is 24.6 Å². The van der Waals surface area contributed by atoms with Crippen molar-refractivity contribution in [3.8, 4) is 0 Å². The number of esters is 1. The van der Waals surface area contributed by atoms with E-state index in [0.717, 1.165) is 0 Å². The van der Waals surface area contributed by atoms with Crippen molar-refractivity contribution < 1.29 is 22.7 Å². The smallest absolute Gasteiger partial charge is 0.331 e. The number of ketones is 1. The minimum Gasteiger partial charge on any atom is -0.455 e. The molecule has 26 heavy (non-hydrogen) atoms. The zero-order valence-corrected chi connectivity index (χ0v) is 16.8. The predicted molar refractivity (Wildman–Crippen MR) is 101 cm³/mol. The lowest BCUT2D eigenvalue weighted by molar-refractivity contribution is -0.145. The van der Waals surface area contributed by atoms with Crippen LogP contribution in [-0.4, -0.2) is 44.2 Å². The first-order chi connectivity index (χ1) is 12.0. The minimum absolute atomic E-state index is 0.162. The van der Waals surface area contributed by atoms with Crippen LogP contribution in [0.5, 0.6) is 0 Å². The molecule has 0 aromatic heterocycles. The Kier molecular flexibility index (Phi) is 7.71. The number of carbonyl (C=O) groups is 2. The summed E-state index contributed by atoms with van der Waals surface area (Å²) in [6, 6.07) is 6.23. The summed E-state index contributed by atoms with van der Waals surface area (Å²) in [5, 5.41) is 0. The molecule has 1 aromatic carbocycles. The Labute approximate surface area is 155 Å². The third-order valence-corrected chi connectivity index (χ3v) is 5.88. The van der Waals surface area contributed by atoms with Crippen LogP contribution in [0.15, 0.2) is 35.2 Å². The molecule has 0 saturated heterocycles. The summed E-state index contributed by atoms with van der Waals surface area (Å²) < 4.78 is 31.1. The number of rotatable bonds is 8. The number of nitrogens with zero attached hydrogens (tertiary/aromatic N) is 1. The van der Waals surface area contributed by atoms with E-state index in [4.69, 9.17) is 4.74 Å². The summed E-state index contributed by atoms with van der Waals surface area (Å²) in [4.78, 5) is 23.6. The fourth-order valence-electron chi connectivity index (χ4n) is 2.03. The largest absolute Gasteiger partial charge is 0.455 e. The quantitative estimate of drug-likeness (QED) is 0.511. The number of Topliss-reactive ketones (excluding diaryl/α,β-unsaturated/α-hetero) is 1. The van der Waals surface area contributed by atoms with E-state index < -0.39 is 21.4 Å². The lowest BCUT2D eigenvalue weighted by Crippen LogP contribution is -2.30. The van der Waals surface area contributed by atoms with Gasteiger partial charge in [-0.1, -0.05) is 46.8 Å². The molecule has 0 bridgehead atoms. The van der Waals surface area contributed by atoms with Crippen molar-refractivity contribution in [2.24, 2.45) is 5.41 Å². The van der Waals surface area contributed by atoms with E-state index in [9.17, 15) is 18.0 Å². The van der Waals surface area contributed by atoms with Crippen molar-refractivity contribution in [2.45, 2.75) is 39.5 Å². The van der Waals surface area contributed by atoms with Crippen LogP contribution < -0.4 is 0 Å². The third kappa shape index (κ3) is 6.07. The van der Waals surface area contributed by atoms with E-state index >= 15 is 0 Å². The van der Waals surface area contributed by atoms with Gasteiger partial charge in [0.2, 0.25) is 10.0 Å². The van der Waals surface area contributed by atoms with Gasteiger partial charge in [-0.05, 0) is 23.8 Å². The Morgan fingerprint density at radius 3 is 2.08 bits per heavy atom. The Balaban J connectivity index is 2.74. The molecule has 6 nitrogen and oxygen atoms in total. The molecule has 0 saturated carbocycles.